The topological polar surface area (TPSA) is 12.9 Å². The highest BCUT2D eigenvalue weighted by Gasteiger charge is 2.02. The number of hydrogen-bond donors (Lipinski definition) is 0. The van der Waals surface area contributed by atoms with Gasteiger partial charge in [-0.1, -0.05) is 17.5 Å². The van der Waals surface area contributed by atoms with Crippen LogP contribution < -0.4 is 0 Å². The van der Waals surface area contributed by atoms with E-state index in [4.69, 9.17) is 18.0 Å². The normalized spacial score (nSPS) is 10.1. The first-order chi connectivity index (χ1) is 7.31. The number of fused-ring (bicyclic) bond motifs is 1. The molecule has 1 nitrogen and oxygen atoms in total. The lowest BCUT2D eigenvalue weighted by Gasteiger charge is -2.03. The van der Waals surface area contributed by atoms with Gasteiger partial charge in [0.05, 0.1) is 11.3 Å². The van der Waals surface area contributed by atoms with Crippen LogP contribution in [0.2, 0.25) is 5.02 Å². The number of hydrogen-bond acceptors (Lipinski definition) is 2. The van der Waals surface area contributed by atoms with E-state index in [1.807, 2.05) is 24.3 Å². The van der Waals surface area contributed by atoms with Crippen LogP contribution in [0.15, 0.2) is 35.4 Å². The number of pyridine rings is 1. The molecule has 1 aromatic carbocycles. The molecular weight excluding hydrogens is 226 g/mol. The molecule has 3 heteroatoms. The number of benzene rings is 1. The lowest BCUT2D eigenvalue weighted by atomic mass is 10.2. The Morgan fingerprint density at radius 3 is 3.07 bits per heavy atom. The van der Waals surface area contributed by atoms with Gasteiger partial charge in [-0.25, -0.2) is 0 Å². The third-order valence-electron chi connectivity index (χ3n) is 1.97. The van der Waals surface area contributed by atoms with Gasteiger partial charge in [-0.15, -0.1) is 18.2 Å². The van der Waals surface area contributed by atoms with Crippen molar-refractivity contribution in [2.75, 3.05) is 5.75 Å². The molecule has 0 amide bonds. The van der Waals surface area contributed by atoms with Gasteiger partial charge in [-0.05, 0) is 24.3 Å². The van der Waals surface area contributed by atoms with E-state index in [2.05, 4.69) is 10.9 Å². The largest absolute Gasteiger partial charge is 0.256 e. The minimum atomic E-state index is 0.658. The first-order valence-electron chi connectivity index (χ1n) is 4.42. The molecular formula is C12H8ClNS. The summed E-state index contributed by atoms with van der Waals surface area (Å²) in [6, 6.07) is 7.63. The van der Waals surface area contributed by atoms with Crippen LogP contribution in [0, 0.1) is 12.3 Å². The molecule has 0 N–H and O–H groups in total. The summed E-state index contributed by atoms with van der Waals surface area (Å²) in [5, 5.41) is 1.78. The van der Waals surface area contributed by atoms with Gasteiger partial charge in [-0.2, -0.15) is 0 Å². The zero-order chi connectivity index (χ0) is 10.7. The van der Waals surface area contributed by atoms with Gasteiger partial charge in [-0.3, -0.25) is 4.98 Å². The van der Waals surface area contributed by atoms with E-state index in [1.165, 1.54) is 0 Å². The van der Waals surface area contributed by atoms with E-state index >= 15 is 0 Å². The highest BCUT2D eigenvalue weighted by molar-refractivity contribution is 7.99. The number of rotatable bonds is 2. The molecule has 74 valence electrons. The summed E-state index contributed by atoms with van der Waals surface area (Å²) < 4.78 is 0. The standard InChI is InChI=1S/C12H8ClNS/c1-2-7-15-12-5-6-14-11-4-3-9(13)8-10(11)12/h1,3-6,8H,7H2. The molecule has 0 aliphatic rings. The molecule has 0 aliphatic heterocycles. The molecule has 0 radical (unpaired) electrons. The van der Waals surface area contributed by atoms with Gasteiger partial charge < -0.3 is 0 Å². The second kappa shape index (κ2) is 4.57. The van der Waals surface area contributed by atoms with Crippen LogP contribution in [0.1, 0.15) is 0 Å². The summed E-state index contributed by atoms with van der Waals surface area (Å²) in [4.78, 5) is 5.39. The number of halogens is 1. The second-order valence-electron chi connectivity index (χ2n) is 2.96. The van der Waals surface area contributed by atoms with E-state index in [0.717, 1.165) is 20.8 Å². The first kappa shape index (κ1) is 10.4. The number of aromatic nitrogens is 1. The van der Waals surface area contributed by atoms with Crippen LogP contribution in [-0.4, -0.2) is 10.7 Å². The predicted molar refractivity (Wildman–Crippen MR) is 66.3 cm³/mol. The fourth-order valence-corrected chi connectivity index (χ4v) is 2.23. The monoisotopic (exact) mass is 233 g/mol. The van der Waals surface area contributed by atoms with Crippen molar-refractivity contribution in [3.05, 3.63) is 35.5 Å². The van der Waals surface area contributed by atoms with E-state index in [1.54, 1.807) is 18.0 Å². The third-order valence-corrected chi connectivity index (χ3v) is 3.19. The van der Waals surface area contributed by atoms with Crippen molar-refractivity contribution < 1.29 is 0 Å². The van der Waals surface area contributed by atoms with Crippen molar-refractivity contribution >= 4 is 34.3 Å². The second-order valence-corrected chi connectivity index (χ2v) is 4.42. The zero-order valence-electron chi connectivity index (χ0n) is 7.90. The van der Waals surface area contributed by atoms with Crippen LogP contribution in [-0.2, 0) is 0 Å². The summed E-state index contributed by atoms with van der Waals surface area (Å²) >= 11 is 7.57. The highest BCUT2D eigenvalue weighted by atomic mass is 35.5. The van der Waals surface area contributed by atoms with Gasteiger partial charge >= 0.3 is 0 Å². The Hall–Kier alpha value is -1.17. The Morgan fingerprint density at radius 2 is 2.27 bits per heavy atom. The Bertz CT molecular complexity index is 531. The van der Waals surface area contributed by atoms with Gasteiger partial charge in [0.1, 0.15) is 0 Å². The molecule has 1 aromatic heterocycles. The maximum absolute atomic E-state index is 5.95. The molecule has 0 unspecified atom stereocenters. The fraction of sp³-hybridized carbons (Fsp3) is 0.0833. The van der Waals surface area contributed by atoms with Crippen molar-refractivity contribution in [2.24, 2.45) is 0 Å². The SMILES string of the molecule is C#CCSc1ccnc2ccc(Cl)cc12. The highest BCUT2D eigenvalue weighted by Crippen LogP contribution is 2.28. The van der Waals surface area contributed by atoms with Crippen molar-refractivity contribution in [1.82, 2.24) is 4.98 Å². The molecule has 2 aromatic rings. The number of thioether (sulfide) groups is 1. The Labute approximate surface area is 97.9 Å². The Kier molecular flexibility index (Phi) is 3.15. The van der Waals surface area contributed by atoms with Crippen LogP contribution >= 0.6 is 23.4 Å². The van der Waals surface area contributed by atoms with Crippen molar-refractivity contribution in [3.63, 3.8) is 0 Å². The molecule has 2 rings (SSSR count). The minimum Gasteiger partial charge on any atom is -0.256 e. The van der Waals surface area contributed by atoms with Crippen molar-refractivity contribution in [3.8, 4) is 12.3 Å². The van der Waals surface area contributed by atoms with E-state index in [-0.39, 0.29) is 0 Å². The summed E-state index contributed by atoms with van der Waals surface area (Å²) in [5.74, 6) is 3.26. The molecule has 0 saturated heterocycles. The minimum absolute atomic E-state index is 0.658. The van der Waals surface area contributed by atoms with Gasteiger partial charge in [0, 0.05) is 21.5 Å². The van der Waals surface area contributed by atoms with Crippen LogP contribution in [0.5, 0.6) is 0 Å². The third kappa shape index (κ3) is 2.26. The molecule has 0 saturated carbocycles. The lowest BCUT2D eigenvalue weighted by molar-refractivity contribution is 1.35. The Morgan fingerprint density at radius 1 is 1.40 bits per heavy atom. The number of nitrogens with zero attached hydrogens (tertiary/aromatic N) is 1. The van der Waals surface area contributed by atoms with E-state index in [0.29, 0.717) is 5.75 Å². The molecule has 0 atom stereocenters. The van der Waals surface area contributed by atoms with E-state index in [9.17, 15) is 0 Å². The van der Waals surface area contributed by atoms with Crippen LogP contribution in [0.25, 0.3) is 10.9 Å². The molecule has 0 aliphatic carbocycles. The molecule has 0 bridgehead atoms. The van der Waals surface area contributed by atoms with Crippen LogP contribution in [0.4, 0.5) is 0 Å². The van der Waals surface area contributed by atoms with Crippen LogP contribution in [0.3, 0.4) is 0 Å². The average Bonchev–Trinajstić information content (AvgIpc) is 2.26. The van der Waals surface area contributed by atoms with Gasteiger partial charge in [0.15, 0.2) is 0 Å². The Balaban J connectivity index is 2.54. The zero-order valence-corrected chi connectivity index (χ0v) is 9.48. The first-order valence-corrected chi connectivity index (χ1v) is 5.78. The fourth-order valence-electron chi connectivity index (χ4n) is 1.34. The average molecular weight is 234 g/mol. The summed E-state index contributed by atoms with van der Waals surface area (Å²) in [5.41, 5.74) is 0.946. The summed E-state index contributed by atoms with van der Waals surface area (Å²) in [6.07, 6.45) is 7.02. The maximum atomic E-state index is 5.95. The summed E-state index contributed by atoms with van der Waals surface area (Å²) in [7, 11) is 0. The molecule has 1 heterocycles. The smallest absolute Gasteiger partial charge is 0.0714 e. The molecule has 0 fully saturated rings. The molecule has 15 heavy (non-hydrogen) atoms. The van der Waals surface area contributed by atoms with Gasteiger partial charge in [0.2, 0.25) is 0 Å². The molecule has 0 spiro atoms. The van der Waals surface area contributed by atoms with E-state index < -0.39 is 0 Å². The predicted octanol–water partition coefficient (Wildman–Crippen LogP) is 3.61. The van der Waals surface area contributed by atoms with Gasteiger partial charge in [0.25, 0.3) is 0 Å². The maximum Gasteiger partial charge on any atom is 0.0714 e. The summed E-state index contributed by atoms with van der Waals surface area (Å²) in [6.45, 7) is 0. The van der Waals surface area contributed by atoms with Crippen molar-refractivity contribution in [2.45, 2.75) is 4.90 Å². The van der Waals surface area contributed by atoms with Crippen molar-refractivity contribution in [1.29, 1.82) is 0 Å². The number of terminal acetylenes is 1. The quantitative estimate of drug-likeness (QED) is 0.581. The lowest BCUT2D eigenvalue weighted by Crippen LogP contribution is -1.82.